The van der Waals surface area contributed by atoms with Crippen molar-refractivity contribution in [3.8, 4) is 0 Å². The minimum atomic E-state index is -0.581. The molecule has 0 amide bonds. The fourth-order valence-corrected chi connectivity index (χ4v) is 1.59. The normalized spacial score (nSPS) is 10.8. The number of aliphatic hydroxyl groups excluding tert-OH is 1. The van der Waals surface area contributed by atoms with E-state index in [-0.39, 0.29) is 12.5 Å². The van der Waals surface area contributed by atoms with Crippen LogP contribution in [0.15, 0.2) is 36.7 Å². The summed E-state index contributed by atoms with van der Waals surface area (Å²) in [4.78, 5) is 7.04. The number of hydrogen-bond acceptors (Lipinski definition) is 3. The molecule has 0 bridgehead atoms. The van der Waals surface area contributed by atoms with Crippen LogP contribution in [0.2, 0.25) is 0 Å². The van der Waals surface area contributed by atoms with Crippen LogP contribution in [0.1, 0.15) is 17.0 Å². The smallest absolute Gasteiger partial charge is 0.212 e. The molecule has 0 saturated heterocycles. The highest BCUT2D eigenvalue weighted by molar-refractivity contribution is 5.29. The maximum atomic E-state index is 12.7. The van der Waals surface area contributed by atoms with Crippen molar-refractivity contribution in [2.24, 2.45) is 0 Å². The molecule has 0 aliphatic carbocycles. The van der Waals surface area contributed by atoms with Crippen molar-refractivity contribution in [1.29, 1.82) is 0 Å². The molecule has 2 aromatic rings. The zero-order chi connectivity index (χ0) is 12.3. The topological polar surface area (TPSA) is 46.0 Å². The molecule has 0 radical (unpaired) electrons. The van der Waals surface area contributed by atoms with E-state index in [1.807, 2.05) is 0 Å². The van der Waals surface area contributed by atoms with Gasteiger partial charge in [0.1, 0.15) is 0 Å². The molecule has 5 heteroatoms. The van der Waals surface area contributed by atoms with Crippen LogP contribution in [0, 0.1) is 11.9 Å². The highest BCUT2D eigenvalue weighted by Gasteiger charge is 2.14. The molecule has 0 unspecified atom stereocenters. The van der Waals surface area contributed by atoms with E-state index >= 15 is 0 Å². The molecular formula is C12H10F2N2O. The van der Waals surface area contributed by atoms with Crippen molar-refractivity contribution in [3.05, 3.63) is 59.7 Å². The predicted octanol–water partition coefficient (Wildman–Crippen LogP) is 1.88. The average molecular weight is 236 g/mol. The Kier molecular flexibility index (Phi) is 3.39. The lowest BCUT2D eigenvalue weighted by Crippen LogP contribution is -2.07. The maximum absolute atomic E-state index is 12.7. The van der Waals surface area contributed by atoms with Crippen molar-refractivity contribution in [2.75, 3.05) is 6.61 Å². The van der Waals surface area contributed by atoms with Gasteiger partial charge in [-0.15, -0.1) is 0 Å². The molecule has 0 atom stereocenters. The van der Waals surface area contributed by atoms with Gasteiger partial charge in [0.25, 0.3) is 0 Å². The number of rotatable bonds is 3. The van der Waals surface area contributed by atoms with Crippen LogP contribution in [0.3, 0.4) is 0 Å². The number of hydrogen-bond donors (Lipinski definition) is 1. The molecule has 2 heterocycles. The van der Waals surface area contributed by atoms with E-state index in [0.29, 0.717) is 11.1 Å². The highest BCUT2D eigenvalue weighted by Crippen LogP contribution is 2.22. The summed E-state index contributed by atoms with van der Waals surface area (Å²) in [5.74, 6) is -1.54. The van der Waals surface area contributed by atoms with Crippen LogP contribution in [0.5, 0.6) is 0 Å². The lowest BCUT2D eigenvalue weighted by molar-refractivity contribution is 0.280. The Bertz CT molecular complexity index is 439. The van der Waals surface area contributed by atoms with Crippen LogP contribution in [-0.2, 0) is 0 Å². The Morgan fingerprint density at radius 1 is 0.941 bits per heavy atom. The Hall–Kier alpha value is -1.88. The van der Waals surface area contributed by atoms with Gasteiger partial charge in [-0.25, -0.2) is 9.97 Å². The third-order valence-electron chi connectivity index (χ3n) is 2.49. The monoisotopic (exact) mass is 236 g/mol. The molecule has 1 N–H and O–H groups in total. The molecule has 0 aliphatic heterocycles. The summed E-state index contributed by atoms with van der Waals surface area (Å²) in [6.07, 6.45) is 2.69. The molecule has 0 fully saturated rings. The summed E-state index contributed by atoms with van der Waals surface area (Å²) in [5.41, 5.74) is 1.31. The van der Waals surface area contributed by atoms with Crippen LogP contribution < -0.4 is 0 Å². The Balaban J connectivity index is 2.33. The lowest BCUT2D eigenvalue weighted by Gasteiger charge is -2.14. The van der Waals surface area contributed by atoms with Crippen molar-refractivity contribution in [1.82, 2.24) is 9.97 Å². The summed E-state index contributed by atoms with van der Waals surface area (Å²) >= 11 is 0. The summed E-state index contributed by atoms with van der Waals surface area (Å²) < 4.78 is 25.3. The molecule has 3 nitrogen and oxygen atoms in total. The van der Waals surface area contributed by atoms with E-state index in [4.69, 9.17) is 0 Å². The first-order valence-electron chi connectivity index (χ1n) is 5.04. The van der Waals surface area contributed by atoms with Gasteiger partial charge in [-0.3, -0.25) is 0 Å². The van der Waals surface area contributed by atoms with E-state index < -0.39 is 11.9 Å². The number of nitrogens with zero attached hydrogens (tertiary/aromatic N) is 2. The Morgan fingerprint density at radius 2 is 1.41 bits per heavy atom. The fourth-order valence-electron chi connectivity index (χ4n) is 1.59. The Morgan fingerprint density at radius 3 is 1.71 bits per heavy atom. The number of aromatic nitrogens is 2. The maximum Gasteiger partial charge on any atom is 0.212 e. The second-order valence-corrected chi connectivity index (χ2v) is 3.56. The van der Waals surface area contributed by atoms with Crippen molar-refractivity contribution in [3.63, 3.8) is 0 Å². The molecule has 0 spiro atoms. The summed E-state index contributed by atoms with van der Waals surface area (Å²) in [5, 5.41) is 9.33. The molecule has 2 aromatic heterocycles. The first kappa shape index (κ1) is 11.6. The average Bonchev–Trinajstić information content (AvgIpc) is 2.35. The second-order valence-electron chi connectivity index (χ2n) is 3.56. The summed E-state index contributed by atoms with van der Waals surface area (Å²) in [6, 6.07) is 5.50. The van der Waals surface area contributed by atoms with Crippen LogP contribution in [0.4, 0.5) is 8.78 Å². The third-order valence-corrected chi connectivity index (χ3v) is 2.49. The van der Waals surface area contributed by atoms with Crippen molar-refractivity contribution >= 4 is 0 Å². The molecule has 0 aromatic carbocycles. The number of pyridine rings is 2. The fraction of sp³-hybridized carbons (Fsp3) is 0.167. The van der Waals surface area contributed by atoms with Crippen LogP contribution in [-0.4, -0.2) is 21.7 Å². The highest BCUT2D eigenvalue weighted by atomic mass is 19.1. The van der Waals surface area contributed by atoms with E-state index in [2.05, 4.69) is 9.97 Å². The first-order chi connectivity index (χ1) is 8.20. The van der Waals surface area contributed by atoms with Gasteiger partial charge in [0.2, 0.25) is 11.9 Å². The summed E-state index contributed by atoms with van der Waals surface area (Å²) in [6.45, 7) is -0.180. The molecule has 88 valence electrons. The molecular weight excluding hydrogens is 226 g/mol. The predicted molar refractivity (Wildman–Crippen MR) is 57.3 cm³/mol. The number of aliphatic hydroxyl groups is 1. The van der Waals surface area contributed by atoms with Gasteiger partial charge in [-0.2, -0.15) is 8.78 Å². The van der Waals surface area contributed by atoms with Crippen molar-refractivity contribution < 1.29 is 13.9 Å². The zero-order valence-corrected chi connectivity index (χ0v) is 8.85. The van der Waals surface area contributed by atoms with E-state index in [9.17, 15) is 13.9 Å². The van der Waals surface area contributed by atoms with Crippen LogP contribution in [0.25, 0.3) is 0 Å². The largest absolute Gasteiger partial charge is 0.395 e. The van der Waals surface area contributed by atoms with E-state index in [1.54, 1.807) is 0 Å². The van der Waals surface area contributed by atoms with Crippen LogP contribution >= 0.6 is 0 Å². The van der Waals surface area contributed by atoms with Crippen molar-refractivity contribution in [2.45, 2.75) is 5.92 Å². The van der Waals surface area contributed by atoms with E-state index in [0.717, 1.165) is 0 Å². The zero-order valence-electron chi connectivity index (χ0n) is 8.85. The number of halogens is 2. The first-order valence-corrected chi connectivity index (χ1v) is 5.04. The lowest BCUT2D eigenvalue weighted by atomic mass is 9.95. The SMILES string of the molecule is OCC(c1ccc(F)nc1)c1ccc(F)nc1. The molecule has 17 heavy (non-hydrogen) atoms. The van der Waals surface area contributed by atoms with Gasteiger partial charge < -0.3 is 5.11 Å². The standard InChI is InChI=1S/C12H10F2N2O/c13-11-3-1-8(5-15-11)10(7-17)9-2-4-12(14)16-6-9/h1-6,10,17H,7H2. The van der Waals surface area contributed by atoms with E-state index in [1.165, 1.54) is 36.7 Å². The molecule has 0 aliphatic rings. The third kappa shape index (κ3) is 2.62. The minimum absolute atomic E-state index is 0.180. The van der Waals surface area contributed by atoms with Gasteiger partial charge in [0.15, 0.2) is 0 Å². The van der Waals surface area contributed by atoms with Gasteiger partial charge in [-0.05, 0) is 23.3 Å². The molecule has 0 saturated carbocycles. The summed E-state index contributed by atoms with van der Waals surface area (Å²) in [7, 11) is 0. The van der Waals surface area contributed by atoms with Gasteiger partial charge in [0.05, 0.1) is 6.61 Å². The van der Waals surface area contributed by atoms with Gasteiger partial charge in [-0.1, -0.05) is 12.1 Å². The van der Waals surface area contributed by atoms with Gasteiger partial charge >= 0.3 is 0 Å². The Labute approximate surface area is 96.8 Å². The minimum Gasteiger partial charge on any atom is -0.395 e. The van der Waals surface area contributed by atoms with Gasteiger partial charge in [0, 0.05) is 18.3 Å². The quantitative estimate of drug-likeness (QED) is 0.827. The molecule has 2 rings (SSSR count). The second kappa shape index (κ2) is 4.97.